The molecule has 0 radical (unpaired) electrons. The lowest BCUT2D eigenvalue weighted by molar-refractivity contribution is 0.304. The molecule has 1 aliphatic carbocycles. The number of nitrogens with two attached hydrogens (primary N) is 1. The second kappa shape index (κ2) is 12.4. The summed E-state index contributed by atoms with van der Waals surface area (Å²) < 4.78 is 9.53. The molecule has 2 N–H and O–H groups in total. The van der Waals surface area contributed by atoms with E-state index in [0.29, 0.717) is 5.13 Å². The van der Waals surface area contributed by atoms with E-state index in [0.717, 1.165) is 50.7 Å². The Balaban J connectivity index is 0.000000374. The Hall–Kier alpha value is -2.12. The van der Waals surface area contributed by atoms with Gasteiger partial charge in [0.05, 0.1) is 33.8 Å². The van der Waals surface area contributed by atoms with Crippen LogP contribution in [0.5, 0.6) is 0 Å². The van der Waals surface area contributed by atoms with E-state index < -0.39 is 0 Å². The summed E-state index contributed by atoms with van der Waals surface area (Å²) in [6.45, 7) is 7.25. The van der Waals surface area contributed by atoms with E-state index in [9.17, 15) is 0 Å². The van der Waals surface area contributed by atoms with Gasteiger partial charge in [0.15, 0.2) is 5.13 Å². The van der Waals surface area contributed by atoms with Gasteiger partial charge in [0.2, 0.25) is 0 Å². The Kier molecular flexibility index (Phi) is 9.56. The molecule has 4 rings (SSSR count). The molecule has 0 saturated heterocycles. The molecule has 0 unspecified atom stereocenters. The number of thiazole rings is 1. The Morgan fingerprint density at radius 3 is 2.70 bits per heavy atom. The first kappa shape index (κ1) is 25.5. The van der Waals surface area contributed by atoms with Gasteiger partial charge in [-0.2, -0.15) is 0 Å². The van der Waals surface area contributed by atoms with Crippen LogP contribution in [-0.2, 0) is 11.3 Å². The van der Waals surface area contributed by atoms with Crippen LogP contribution < -0.4 is 5.73 Å². The van der Waals surface area contributed by atoms with Crippen LogP contribution in [0, 0.1) is 12.8 Å². The second-order valence-corrected chi connectivity index (χ2v) is 10.5. The maximum Gasteiger partial charge on any atom is 0.181 e. The zero-order valence-electron chi connectivity index (χ0n) is 20.1. The fourth-order valence-electron chi connectivity index (χ4n) is 4.00. The summed E-state index contributed by atoms with van der Waals surface area (Å²) in [5.74, 6) is 1.85. The van der Waals surface area contributed by atoms with Crippen molar-refractivity contribution in [2.24, 2.45) is 5.92 Å². The largest absolute Gasteiger partial charge is 0.496 e. The van der Waals surface area contributed by atoms with Gasteiger partial charge in [0.1, 0.15) is 5.76 Å². The third kappa shape index (κ3) is 7.18. The molecule has 2 heterocycles. The van der Waals surface area contributed by atoms with E-state index in [-0.39, 0.29) is 0 Å². The third-order valence-electron chi connectivity index (χ3n) is 5.96. The molecule has 0 amide bonds. The number of allylic oxidation sites excluding steroid dienone is 2. The normalized spacial score (nSPS) is 15.4. The molecular formula is C26H35BrN4OS. The van der Waals surface area contributed by atoms with Gasteiger partial charge in [-0.3, -0.25) is 0 Å². The molecular weight excluding hydrogens is 496 g/mol. The SMILES string of the molecule is CC/C=C(OC)/C(Br)=C\c1ncn(Cc2ccc3nc(N)sc3c2)c1C.CC1CCCCC1. The molecule has 178 valence electrons. The minimum atomic E-state index is 0.599. The number of nitrogens with zero attached hydrogens (tertiary/aromatic N) is 3. The number of anilines is 1. The number of halogens is 1. The summed E-state index contributed by atoms with van der Waals surface area (Å²) in [4.78, 5) is 8.84. The lowest BCUT2D eigenvalue weighted by Gasteiger charge is -2.15. The monoisotopic (exact) mass is 530 g/mol. The highest BCUT2D eigenvalue weighted by molar-refractivity contribution is 9.12. The van der Waals surface area contributed by atoms with Gasteiger partial charge in [0.25, 0.3) is 0 Å². The molecule has 0 bridgehead atoms. The van der Waals surface area contributed by atoms with Crippen LogP contribution in [0.2, 0.25) is 0 Å². The quantitative estimate of drug-likeness (QED) is 0.262. The van der Waals surface area contributed by atoms with Crippen molar-refractivity contribution in [1.29, 1.82) is 0 Å². The molecule has 5 nitrogen and oxygen atoms in total. The maximum atomic E-state index is 5.79. The Labute approximate surface area is 209 Å². The number of rotatable bonds is 6. The zero-order chi connectivity index (χ0) is 23.8. The van der Waals surface area contributed by atoms with Crippen LogP contribution in [0.1, 0.15) is 69.3 Å². The van der Waals surface area contributed by atoms with Crippen molar-refractivity contribution in [3.8, 4) is 0 Å². The van der Waals surface area contributed by atoms with Crippen molar-refractivity contribution < 1.29 is 4.74 Å². The van der Waals surface area contributed by atoms with E-state index in [4.69, 9.17) is 10.5 Å². The highest BCUT2D eigenvalue weighted by Crippen LogP contribution is 2.26. The Morgan fingerprint density at radius 2 is 2.06 bits per heavy atom. The average Bonchev–Trinajstić information content (AvgIpc) is 3.34. The fraction of sp³-hybridized carbons (Fsp3) is 0.462. The number of ether oxygens (including phenoxy) is 1. The van der Waals surface area contributed by atoms with Crippen LogP contribution in [0.15, 0.2) is 40.8 Å². The number of imidazole rings is 1. The molecule has 2 aromatic heterocycles. The fourth-order valence-corrected chi connectivity index (χ4v) is 5.34. The first-order valence-electron chi connectivity index (χ1n) is 11.7. The summed E-state index contributed by atoms with van der Waals surface area (Å²) in [5.41, 5.74) is 9.94. The number of fused-ring (bicyclic) bond motifs is 1. The van der Waals surface area contributed by atoms with Crippen molar-refractivity contribution in [1.82, 2.24) is 14.5 Å². The summed E-state index contributed by atoms with van der Waals surface area (Å²) in [6, 6.07) is 6.24. The van der Waals surface area contributed by atoms with Gasteiger partial charge in [0, 0.05) is 12.2 Å². The van der Waals surface area contributed by atoms with E-state index in [1.54, 1.807) is 7.11 Å². The van der Waals surface area contributed by atoms with Crippen molar-refractivity contribution in [3.63, 3.8) is 0 Å². The number of hydrogen-bond acceptors (Lipinski definition) is 5. The van der Waals surface area contributed by atoms with Crippen LogP contribution in [0.4, 0.5) is 5.13 Å². The number of benzene rings is 1. The Bertz CT molecular complexity index is 1110. The number of hydrogen-bond donors (Lipinski definition) is 1. The first-order chi connectivity index (χ1) is 15.9. The Morgan fingerprint density at radius 1 is 1.30 bits per heavy atom. The van der Waals surface area contributed by atoms with Crippen molar-refractivity contribution in [2.75, 3.05) is 12.8 Å². The first-order valence-corrected chi connectivity index (χ1v) is 13.3. The summed E-state index contributed by atoms with van der Waals surface area (Å²) in [5, 5.41) is 0.599. The van der Waals surface area contributed by atoms with Crippen LogP contribution in [0.3, 0.4) is 0 Å². The van der Waals surface area contributed by atoms with Gasteiger partial charge >= 0.3 is 0 Å². The van der Waals surface area contributed by atoms with Crippen molar-refractivity contribution in [2.45, 2.75) is 65.8 Å². The molecule has 0 spiro atoms. The van der Waals surface area contributed by atoms with Crippen molar-refractivity contribution in [3.05, 3.63) is 57.8 Å². The summed E-state index contributed by atoms with van der Waals surface area (Å²) >= 11 is 5.09. The molecule has 1 aliphatic rings. The summed E-state index contributed by atoms with van der Waals surface area (Å²) in [6.07, 6.45) is 14.2. The van der Waals surface area contributed by atoms with E-state index in [1.807, 2.05) is 24.5 Å². The van der Waals surface area contributed by atoms with Gasteiger partial charge < -0.3 is 15.0 Å². The van der Waals surface area contributed by atoms with Crippen LogP contribution in [-0.4, -0.2) is 21.6 Å². The summed E-state index contributed by atoms with van der Waals surface area (Å²) in [7, 11) is 1.67. The number of methoxy groups -OCH3 is 1. The molecule has 0 atom stereocenters. The smallest absolute Gasteiger partial charge is 0.181 e. The van der Waals surface area contributed by atoms with Crippen molar-refractivity contribution >= 4 is 48.7 Å². The zero-order valence-corrected chi connectivity index (χ0v) is 22.5. The lowest BCUT2D eigenvalue weighted by atomic mass is 9.91. The predicted octanol–water partition coefficient (Wildman–Crippen LogP) is 7.69. The average molecular weight is 532 g/mol. The highest BCUT2D eigenvalue weighted by atomic mass is 79.9. The lowest BCUT2D eigenvalue weighted by Crippen LogP contribution is -2.00. The van der Waals surface area contributed by atoms with E-state index in [2.05, 4.69) is 63.4 Å². The van der Waals surface area contributed by atoms with E-state index in [1.165, 1.54) is 49.0 Å². The van der Waals surface area contributed by atoms with Gasteiger partial charge in [-0.05, 0) is 65.0 Å². The van der Waals surface area contributed by atoms with Gasteiger partial charge in [-0.15, -0.1) is 0 Å². The maximum absolute atomic E-state index is 5.79. The molecule has 3 aromatic rings. The minimum Gasteiger partial charge on any atom is -0.496 e. The molecule has 0 aliphatic heterocycles. The molecule has 1 saturated carbocycles. The second-order valence-electron chi connectivity index (χ2n) is 8.61. The number of nitrogen functional groups attached to an aromatic ring is 1. The van der Waals surface area contributed by atoms with Gasteiger partial charge in [-0.25, -0.2) is 9.97 Å². The topological polar surface area (TPSA) is 66.0 Å². The van der Waals surface area contributed by atoms with Crippen LogP contribution >= 0.6 is 27.3 Å². The van der Waals surface area contributed by atoms with Gasteiger partial charge in [-0.1, -0.05) is 63.4 Å². The molecule has 1 fully saturated rings. The van der Waals surface area contributed by atoms with E-state index >= 15 is 0 Å². The third-order valence-corrected chi connectivity index (χ3v) is 7.43. The highest BCUT2D eigenvalue weighted by Gasteiger charge is 2.09. The molecule has 7 heteroatoms. The standard InChI is InChI=1S/C19H21BrN4OS.C7H14/c1-4-5-17(25-3)14(20)9-16-12(2)24(11-22-16)10-13-6-7-15-18(8-13)26-19(21)23-15;1-7-5-3-2-4-6-7/h5-9,11H,4,10H2,1-3H3,(H2,21,23);7H,2-6H2,1H3/b14-9+,17-5-;. The molecule has 1 aromatic carbocycles. The minimum absolute atomic E-state index is 0.599. The van der Waals surface area contributed by atoms with Crippen LogP contribution in [0.25, 0.3) is 16.3 Å². The number of aromatic nitrogens is 3. The predicted molar refractivity (Wildman–Crippen MR) is 145 cm³/mol. The molecule has 33 heavy (non-hydrogen) atoms.